The van der Waals surface area contributed by atoms with Crippen molar-refractivity contribution in [3.05, 3.63) is 131 Å². The van der Waals surface area contributed by atoms with Gasteiger partial charge < -0.3 is 60.7 Å². The molecule has 0 aliphatic carbocycles. The van der Waals surface area contributed by atoms with Gasteiger partial charge in [-0.3, -0.25) is 19.2 Å². The summed E-state index contributed by atoms with van der Waals surface area (Å²) in [6.07, 6.45) is -4.10. The van der Waals surface area contributed by atoms with Crippen LogP contribution in [0.2, 0.25) is 0 Å². The van der Waals surface area contributed by atoms with Crippen molar-refractivity contribution in [2.45, 2.75) is 173 Å². The lowest BCUT2D eigenvalue weighted by Crippen LogP contribution is -2.55. The number of aliphatic hydroxyl groups is 2. The van der Waals surface area contributed by atoms with Crippen molar-refractivity contribution in [2.75, 3.05) is 6.61 Å². The molecule has 0 spiro atoms. The molecule has 0 saturated heterocycles. The molecule has 0 aliphatic heterocycles. The van der Waals surface area contributed by atoms with Crippen LogP contribution in [0.4, 0.5) is 4.79 Å². The molecule has 3 aromatic carbocycles. The molecule has 0 saturated carbocycles. The van der Waals surface area contributed by atoms with Gasteiger partial charge in [-0.15, -0.1) is 0 Å². The number of benzene rings is 3. The fourth-order valence-electron chi connectivity index (χ4n) is 8.20. The van der Waals surface area contributed by atoms with E-state index in [1.165, 1.54) is 0 Å². The second-order valence-electron chi connectivity index (χ2n) is 22.7. The van der Waals surface area contributed by atoms with Gasteiger partial charge in [0.15, 0.2) is 11.6 Å². The van der Waals surface area contributed by atoms with Crippen LogP contribution in [0.5, 0.6) is 0 Å². The molecule has 3 amide bonds. The second kappa shape index (κ2) is 30.3. The summed E-state index contributed by atoms with van der Waals surface area (Å²) < 4.78 is 88.6. The summed E-state index contributed by atoms with van der Waals surface area (Å²) in [6.45, 7) is 19.4. The number of nitrogens with two attached hydrogens (primary N) is 2. The van der Waals surface area contributed by atoms with E-state index in [4.69, 9.17) is 44.9 Å². The lowest BCUT2D eigenvalue weighted by molar-refractivity contribution is -0.163. The molecule has 474 valence electrons. The third-order valence-corrected chi connectivity index (χ3v) is 14.1. The van der Waals surface area contributed by atoms with Crippen molar-refractivity contribution in [1.82, 2.24) is 49.8 Å². The van der Waals surface area contributed by atoms with E-state index in [-0.39, 0.29) is 23.4 Å². The molecule has 31 heteroatoms. The Balaban J connectivity index is 0.000000508. The summed E-state index contributed by atoms with van der Waals surface area (Å²) in [5.41, 5.74) is 9.03. The maximum absolute atomic E-state index is 14.7. The number of carbonyl (C=O) groups is 5. The number of aromatic nitrogens is 4. The lowest BCUT2D eigenvalue weighted by Gasteiger charge is -2.37. The van der Waals surface area contributed by atoms with Gasteiger partial charge in [0.05, 0.1) is 49.3 Å². The van der Waals surface area contributed by atoms with E-state index in [1.54, 1.807) is 80.9 Å². The van der Waals surface area contributed by atoms with E-state index in [0.29, 0.717) is 6.42 Å². The van der Waals surface area contributed by atoms with E-state index in [0.717, 1.165) is 23.6 Å². The minimum atomic E-state index is -4.71. The molecule has 8 atom stereocenters. The van der Waals surface area contributed by atoms with Crippen LogP contribution in [0.15, 0.2) is 100 Å². The molecule has 29 nitrogen and oxygen atoms in total. The average molecular weight is 1250 g/mol. The molecule has 0 bridgehead atoms. The first-order valence-electron chi connectivity index (χ1n) is 27.1. The van der Waals surface area contributed by atoms with Gasteiger partial charge in [-0.1, -0.05) is 108 Å². The molecule has 86 heavy (non-hydrogen) atoms. The zero-order valence-corrected chi connectivity index (χ0v) is 51.6. The first-order chi connectivity index (χ1) is 39.9. The van der Waals surface area contributed by atoms with Crippen LogP contribution in [-0.4, -0.2) is 130 Å². The van der Waals surface area contributed by atoms with Crippen molar-refractivity contribution in [1.29, 1.82) is 0 Å². The Morgan fingerprint density at radius 2 is 1.06 bits per heavy atom. The predicted molar refractivity (Wildman–Crippen MR) is 310 cm³/mol. The van der Waals surface area contributed by atoms with Crippen LogP contribution in [0.1, 0.15) is 167 Å². The minimum absolute atomic E-state index is 0.0157. The van der Waals surface area contributed by atoms with Crippen molar-refractivity contribution in [2.24, 2.45) is 11.5 Å². The van der Waals surface area contributed by atoms with Gasteiger partial charge in [0, 0.05) is 0 Å². The van der Waals surface area contributed by atoms with Crippen LogP contribution in [0.25, 0.3) is 0 Å². The van der Waals surface area contributed by atoms with Crippen molar-refractivity contribution >= 4 is 50.3 Å². The Labute approximate surface area is 499 Å². The van der Waals surface area contributed by atoms with Gasteiger partial charge in [-0.25, -0.2) is 4.79 Å². The Kier molecular flexibility index (Phi) is 25.1. The summed E-state index contributed by atoms with van der Waals surface area (Å²) in [5, 5.41) is 40.7. The van der Waals surface area contributed by atoms with E-state index in [9.17, 15) is 45.9 Å². The number of carboxylic acid groups (broad SMARTS) is 1. The highest BCUT2D eigenvalue weighted by atomic mass is 32.2. The van der Waals surface area contributed by atoms with Gasteiger partial charge in [-0.2, -0.15) is 45.7 Å². The average Bonchev–Trinajstić information content (AvgIpc) is 1.10. The number of nitrogens with zero attached hydrogens (tertiary/aromatic N) is 4. The standard InChI is InChI=1S/C44H60N6O9S.C11H20N6O8S/c1-12-33(45-40(53)58-43(9,10)11)37-46-38(59-48-37)34(49-60(54,55)50-36(29(2)56-41(3,4)5)39(52)57-42(6,7)8)28-35(51)47-44(30-22-16-13-17-23-30,31-24-18-14-19-25-31)32-26-20-15-21-27-32;1-4(19)8(11(21)22)17-26(23,24)16-6(2-7(13)20)10-14-9(15-25-10)5(12)3-18/h13-27,29,33-34,36,49-50H,12,28H2,1-11H3,(H,45,53)(H,47,51);4-6,8,16-19H,2-3,12H2,1H3,(H2,13,20)(H,21,22)/t29?,33-,34-,36-;4?,5-,6-,8-/m00/s1. The normalized spacial score (nSPS) is 15.2. The molecular formula is C55H80N12O17S2. The van der Waals surface area contributed by atoms with Crippen LogP contribution < -0.4 is 41.0 Å². The molecule has 13 N–H and O–H groups in total. The topological polar surface area (TPSA) is 444 Å². The predicted octanol–water partition coefficient (Wildman–Crippen LogP) is 3.16. The lowest BCUT2D eigenvalue weighted by atomic mass is 9.77. The highest BCUT2D eigenvalue weighted by molar-refractivity contribution is 7.87. The van der Waals surface area contributed by atoms with Crippen LogP contribution in [0.3, 0.4) is 0 Å². The van der Waals surface area contributed by atoms with Crippen molar-refractivity contribution < 1.29 is 79.4 Å². The number of rotatable bonds is 28. The first-order valence-corrected chi connectivity index (χ1v) is 30.0. The zero-order chi connectivity index (χ0) is 64.6. The number of carboxylic acids is 1. The Bertz CT molecular complexity index is 3150. The largest absolute Gasteiger partial charge is 0.480 e. The summed E-state index contributed by atoms with van der Waals surface area (Å²) in [5.74, 6) is -4.81. The van der Waals surface area contributed by atoms with Crippen LogP contribution in [0, 0.1) is 0 Å². The molecule has 0 radical (unpaired) electrons. The Hall–Kier alpha value is -7.33. The molecule has 2 aromatic heterocycles. The number of nitrogens with one attached hydrogen (secondary N) is 6. The maximum atomic E-state index is 14.7. The summed E-state index contributed by atoms with van der Waals surface area (Å²) in [6, 6.07) is 20.1. The third-order valence-electron chi connectivity index (χ3n) is 11.8. The highest BCUT2D eigenvalue weighted by Gasteiger charge is 2.42. The number of amides is 3. The summed E-state index contributed by atoms with van der Waals surface area (Å²) in [7, 11) is -9.25. The van der Waals surface area contributed by atoms with E-state index in [1.807, 2.05) is 95.7 Å². The number of primary amides is 1. The smallest absolute Gasteiger partial charge is 0.408 e. The number of hydrogen-bond acceptors (Lipinski definition) is 21. The van der Waals surface area contributed by atoms with E-state index < -0.39 is 141 Å². The number of aliphatic hydroxyl groups excluding tert-OH is 2. The number of alkyl carbamates (subject to hydrolysis) is 1. The minimum Gasteiger partial charge on any atom is -0.480 e. The second-order valence-corrected chi connectivity index (χ2v) is 25.7. The molecule has 2 unspecified atom stereocenters. The summed E-state index contributed by atoms with van der Waals surface area (Å²) in [4.78, 5) is 71.4. The number of ether oxygens (including phenoxy) is 3. The number of carbonyl (C=O) groups excluding carboxylic acids is 4. The summed E-state index contributed by atoms with van der Waals surface area (Å²) >= 11 is 0. The number of esters is 1. The molecule has 5 aromatic rings. The van der Waals surface area contributed by atoms with Gasteiger partial charge in [-0.05, 0) is 99.3 Å². The molecule has 2 heterocycles. The fraction of sp³-hybridized carbons (Fsp3) is 0.509. The molecular weight excluding hydrogens is 1160 g/mol. The fourth-order valence-corrected chi connectivity index (χ4v) is 10.7. The quantitative estimate of drug-likeness (QED) is 0.0253. The van der Waals surface area contributed by atoms with Gasteiger partial charge in [0.1, 0.15) is 40.9 Å². The SMILES string of the molecule is CC(O)[C@H](NS(=O)(=O)N[C@@H](CC(N)=O)c1nc([C@@H](N)CO)no1)C(=O)O.CC[C@H](NC(=O)OC(C)(C)C)c1noc([C@H](CC(=O)NC(c2ccccc2)(c2ccccc2)c2ccccc2)NS(=O)(=O)N[C@H](C(=O)OC(C)(C)C)C(C)OC(C)(C)C)n1. The number of hydrogen-bond donors (Lipinski definition) is 11. The van der Waals surface area contributed by atoms with Crippen LogP contribution >= 0.6 is 0 Å². The molecule has 0 fully saturated rings. The Morgan fingerprint density at radius 3 is 1.45 bits per heavy atom. The molecule has 5 rings (SSSR count). The Morgan fingerprint density at radius 1 is 0.628 bits per heavy atom. The van der Waals surface area contributed by atoms with Gasteiger partial charge >= 0.3 is 18.0 Å². The molecule has 0 aliphatic rings. The van der Waals surface area contributed by atoms with Gasteiger partial charge in [0.25, 0.3) is 20.4 Å². The highest BCUT2D eigenvalue weighted by Crippen LogP contribution is 2.37. The van der Waals surface area contributed by atoms with Crippen molar-refractivity contribution in [3.8, 4) is 0 Å². The van der Waals surface area contributed by atoms with Crippen LogP contribution in [-0.2, 0) is 59.3 Å². The van der Waals surface area contributed by atoms with Gasteiger partial charge in [0.2, 0.25) is 23.6 Å². The van der Waals surface area contributed by atoms with E-state index in [2.05, 4.69) is 40.4 Å². The maximum Gasteiger partial charge on any atom is 0.408 e. The first kappa shape index (κ1) is 71.2. The van der Waals surface area contributed by atoms with Crippen molar-refractivity contribution in [3.63, 3.8) is 0 Å². The monoisotopic (exact) mass is 1240 g/mol. The third kappa shape index (κ3) is 22.2. The van der Waals surface area contributed by atoms with E-state index >= 15 is 0 Å². The number of aliphatic carboxylic acids is 1. The zero-order valence-electron chi connectivity index (χ0n) is 49.9.